The SMILES string of the molecule is COC(=O)c1cccc2c1CCN(c1ccc(NC(=O)c3oc([NH+]4CCCC(C)C4)nc3C(F)(F)F)cn1)C2. The Morgan fingerprint density at radius 3 is 2.74 bits per heavy atom. The van der Waals surface area contributed by atoms with E-state index in [1.165, 1.54) is 13.3 Å². The van der Waals surface area contributed by atoms with Crippen LogP contribution in [-0.2, 0) is 23.9 Å². The average Bonchev–Trinajstić information content (AvgIpc) is 3.39. The molecule has 1 amide bonds. The van der Waals surface area contributed by atoms with Crippen molar-refractivity contribution in [2.75, 3.05) is 37.0 Å². The Bertz CT molecular complexity index is 1370. The predicted molar refractivity (Wildman–Crippen MR) is 135 cm³/mol. The van der Waals surface area contributed by atoms with Gasteiger partial charge in [0.15, 0.2) is 0 Å². The number of hydrogen-bond acceptors (Lipinski definition) is 7. The van der Waals surface area contributed by atoms with Crippen molar-refractivity contribution in [2.45, 2.75) is 38.9 Å². The molecule has 0 radical (unpaired) electrons. The zero-order chi connectivity index (χ0) is 27.7. The van der Waals surface area contributed by atoms with Gasteiger partial charge in [0, 0.05) is 19.0 Å². The van der Waals surface area contributed by atoms with E-state index in [2.05, 4.69) is 15.3 Å². The van der Waals surface area contributed by atoms with E-state index in [1.54, 1.807) is 24.3 Å². The standard InChI is InChI=1S/C27H28F3N5O4/c1-16-5-4-11-35(14-16)26-33-23(27(28,29)30)22(39-26)24(36)32-18-8-9-21(31-13-18)34-12-10-19-17(15-34)6-3-7-20(19)25(37)38-2/h3,6-9,13,16H,4-5,10-12,14-15H2,1-2H3,(H,32,36)/p+1. The largest absolute Gasteiger partial charge is 0.465 e. The summed E-state index contributed by atoms with van der Waals surface area (Å²) in [5, 5.41) is 2.45. The number of esters is 1. The molecular formula is C27H29F3N5O4+. The van der Waals surface area contributed by atoms with Crippen LogP contribution in [0.5, 0.6) is 0 Å². The van der Waals surface area contributed by atoms with Crippen LogP contribution < -0.4 is 15.1 Å². The van der Waals surface area contributed by atoms with Crippen molar-refractivity contribution in [1.82, 2.24) is 9.97 Å². The number of nitrogens with one attached hydrogen (secondary N) is 2. The van der Waals surface area contributed by atoms with Gasteiger partial charge in [0.2, 0.25) is 11.5 Å². The molecule has 5 rings (SSSR count). The number of aromatic nitrogens is 2. The van der Waals surface area contributed by atoms with Crippen LogP contribution in [0.3, 0.4) is 0 Å². The molecule has 2 aromatic heterocycles. The number of hydrogen-bond donors (Lipinski definition) is 2. The van der Waals surface area contributed by atoms with Crippen LogP contribution in [0.1, 0.15) is 57.5 Å². The summed E-state index contributed by atoms with van der Waals surface area (Å²) in [6.07, 6.45) is -1.00. The number of nitrogens with zero attached hydrogens (tertiary/aromatic N) is 3. The number of piperidine rings is 1. The number of oxazole rings is 1. The third-order valence-corrected chi connectivity index (χ3v) is 7.18. The third kappa shape index (κ3) is 5.60. The summed E-state index contributed by atoms with van der Waals surface area (Å²) in [5.41, 5.74) is 1.36. The highest BCUT2D eigenvalue weighted by molar-refractivity contribution is 6.03. The number of amides is 1. The van der Waals surface area contributed by atoms with Gasteiger partial charge in [-0.1, -0.05) is 19.1 Å². The quantitative estimate of drug-likeness (QED) is 0.473. The molecule has 2 aliphatic heterocycles. The Morgan fingerprint density at radius 1 is 1.23 bits per heavy atom. The molecule has 0 spiro atoms. The number of rotatable bonds is 5. The number of alkyl halides is 3. The molecule has 2 N–H and O–H groups in total. The molecule has 1 saturated heterocycles. The van der Waals surface area contributed by atoms with Gasteiger partial charge in [0.1, 0.15) is 5.82 Å². The van der Waals surface area contributed by atoms with Gasteiger partial charge in [-0.3, -0.25) is 9.69 Å². The Hall–Kier alpha value is -3.93. The van der Waals surface area contributed by atoms with Gasteiger partial charge in [-0.25, -0.2) is 9.78 Å². The molecule has 2 atom stereocenters. The number of ether oxygens (including phenoxy) is 1. The van der Waals surface area contributed by atoms with Crippen LogP contribution in [0, 0.1) is 5.92 Å². The molecule has 9 nitrogen and oxygen atoms in total. The van der Waals surface area contributed by atoms with Gasteiger partial charge in [0.25, 0.3) is 5.91 Å². The highest BCUT2D eigenvalue weighted by Crippen LogP contribution is 2.33. The van der Waals surface area contributed by atoms with Gasteiger partial charge in [0.05, 0.1) is 37.6 Å². The maximum Gasteiger partial charge on any atom is 0.437 e. The van der Waals surface area contributed by atoms with Crippen molar-refractivity contribution in [2.24, 2.45) is 5.92 Å². The Balaban J connectivity index is 1.30. The Kier molecular flexibility index (Phi) is 7.30. The summed E-state index contributed by atoms with van der Waals surface area (Å²) >= 11 is 0. The lowest BCUT2D eigenvalue weighted by atomic mass is 9.94. The summed E-state index contributed by atoms with van der Waals surface area (Å²) in [6, 6.07) is 8.62. The predicted octanol–water partition coefficient (Wildman–Crippen LogP) is 3.64. The number of quaternary nitrogens is 1. The van der Waals surface area contributed by atoms with Gasteiger partial charge >= 0.3 is 18.2 Å². The summed E-state index contributed by atoms with van der Waals surface area (Å²) < 4.78 is 51.4. The van der Waals surface area contributed by atoms with Gasteiger partial charge in [-0.15, -0.1) is 0 Å². The first-order valence-corrected chi connectivity index (χ1v) is 12.8. The lowest BCUT2D eigenvalue weighted by Crippen LogP contribution is -3.09. The lowest BCUT2D eigenvalue weighted by molar-refractivity contribution is -0.853. The van der Waals surface area contributed by atoms with Gasteiger partial charge < -0.3 is 19.4 Å². The number of fused-ring (bicyclic) bond motifs is 1. The summed E-state index contributed by atoms with van der Waals surface area (Å²) in [6.45, 7) is 4.34. The van der Waals surface area contributed by atoms with Crippen molar-refractivity contribution in [3.05, 3.63) is 64.7 Å². The zero-order valence-electron chi connectivity index (χ0n) is 21.6. The number of pyridine rings is 1. The fraction of sp³-hybridized carbons (Fsp3) is 0.407. The molecule has 2 unspecified atom stereocenters. The van der Waals surface area contributed by atoms with E-state index in [9.17, 15) is 22.8 Å². The van der Waals surface area contributed by atoms with E-state index in [0.717, 1.165) is 24.0 Å². The zero-order valence-corrected chi connectivity index (χ0v) is 21.6. The van der Waals surface area contributed by atoms with E-state index in [0.29, 0.717) is 54.8 Å². The second-order valence-corrected chi connectivity index (χ2v) is 9.97. The van der Waals surface area contributed by atoms with Crippen LogP contribution in [-0.4, -0.2) is 48.6 Å². The molecule has 3 aromatic rings. The van der Waals surface area contributed by atoms with E-state index in [1.807, 2.05) is 17.9 Å². The number of benzene rings is 1. The molecule has 1 fully saturated rings. The summed E-state index contributed by atoms with van der Waals surface area (Å²) in [7, 11) is 1.35. The minimum Gasteiger partial charge on any atom is -0.465 e. The molecule has 0 aliphatic carbocycles. The first-order chi connectivity index (χ1) is 18.6. The second kappa shape index (κ2) is 10.7. The van der Waals surface area contributed by atoms with Crippen LogP contribution in [0.4, 0.5) is 30.7 Å². The molecule has 12 heteroatoms. The number of methoxy groups -OCH3 is 1. The van der Waals surface area contributed by atoms with Crippen LogP contribution in [0.15, 0.2) is 40.9 Å². The van der Waals surface area contributed by atoms with Crippen molar-refractivity contribution >= 4 is 29.4 Å². The molecule has 0 saturated carbocycles. The highest BCUT2D eigenvalue weighted by Gasteiger charge is 2.43. The van der Waals surface area contributed by atoms with Crippen molar-refractivity contribution < 1.29 is 36.8 Å². The summed E-state index contributed by atoms with van der Waals surface area (Å²) in [4.78, 5) is 35.7. The Labute approximate surface area is 223 Å². The van der Waals surface area contributed by atoms with Crippen molar-refractivity contribution in [3.63, 3.8) is 0 Å². The van der Waals surface area contributed by atoms with Crippen LogP contribution >= 0.6 is 0 Å². The number of carbonyl (C=O) groups excluding carboxylic acids is 2. The Morgan fingerprint density at radius 2 is 2.05 bits per heavy atom. The van der Waals surface area contributed by atoms with Crippen molar-refractivity contribution in [1.29, 1.82) is 0 Å². The van der Waals surface area contributed by atoms with Crippen LogP contribution in [0.2, 0.25) is 0 Å². The molecule has 4 heterocycles. The van der Waals surface area contributed by atoms with Gasteiger partial charge in [-0.05, 0) is 48.6 Å². The normalized spacial score (nSPS) is 19.4. The second-order valence-electron chi connectivity index (χ2n) is 9.97. The van der Waals surface area contributed by atoms with Crippen molar-refractivity contribution in [3.8, 4) is 0 Å². The fourth-order valence-electron chi connectivity index (χ4n) is 5.24. The minimum atomic E-state index is -4.84. The number of halogens is 3. The monoisotopic (exact) mass is 544 g/mol. The van der Waals surface area contributed by atoms with Crippen LogP contribution in [0.25, 0.3) is 0 Å². The molecule has 206 valence electrons. The molecular weight excluding hydrogens is 515 g/mol. The first kappa shape index (κ1) is 26.7. The van der Waals surface area contributed by atoms with E-state index < -0.39 is 23.5 Å². The van der Waals surface area contributed by atoms with Gasteiger partial charge in [-0.2, -0.15) is 18.2 Å². The maximum absolute atomic E-state index is 13.7. The van der Waals surface area contributed by atoms with E-state index in [4.69, 9.17) is 9.15 Å². The highest BCUT2D eigenvalue weighted by atomic mass is 19.4. The molecule has 39 heavy (non-hydrogen) atoms. The minimum absolute atomic E-state index is 0.117. The van der Waals surface area contributed by atoms with E-state index in [-0.39, 0.29) is 17.7 Å². The van der Waals surface area contributed by atoms with E-state index >= 15 is 0 Å². The number of anilines is 2. The lowest BCUT2D eigenvalue weighted by Gasteiger charge is -2.30. The molecule has 0 bridgehead atoms. The summed E-state index contributed by atoms with van der Waals surface area (Å²) in [5.74, 6) is -1.33. The molecule has 1 aromatic carbocycles. The smallest absolute Gasteiger partial charge is 0.437 e. The third-order valence-electron chi connectivity index (χ3n) is 7.18. The average molecular weight is 545 g/mol. The molecule has 2 aliphatic rings. The topological polar surface area (TPSA) is 102 Å². The number of carbonyl (C=O) groups is 2. The first-order valence-electron chi connectivity index (χ1n) is 12.8. The fourth-order valence-corrected chi connectivity index (χ4v) is 5.24. The maximum atomic E-state index is 13.7.